The zero-order chi connectivity index (χ0) is 11.9. The van der Waals surface area contributed by atoms with Gasteiger partial charge in [0, 0.05) is 0 Å². The lowest BCUT2D eigenvalue weighted by Crippen LogP contribution is -2.29. The van der Waals surface area contributed by atoms with E-state index in [0.717, 1.165) is 29.5 Å². The minimum Gasteiger partial charge on any atom is -0.508 e. The molecule has 88 valence electrons. The average Bonchev–Trinajstić information content (AvgIpc) is 2.97. The molecule has 1 aliphatic rings. The highest BCUT2D eigenvalue weighted by molar-refractivity contribution is 5.42. The van der Waals surface area contributed by atoms with Crippen molar-refractivity contribution in [3.05, 3.63) is 28.8 Å². The summed E-state index contributed by atoms with van der Waals surface area (Å²) < 4.78 is 0. The molecule has 0 spiro atoms. The summed E-state index contributed by atoms with van der Waals surface area (Å²) in [5.74, 6) is 0.620. The maximum atomic E-state index is 10.0. The molecule has 0 unspecified atom stereocenters. The van der Waals surface area contributed by atoms with Gasteiger partial charge in [0.1, 0.15) is 5.75 Å². The molecule has 1 aliphatic carbocycles. The van der Waals surface area contributed by atoms with Crippen LogP contribution in [-0.2, 0) is 0 Å². The fraction of sp³-hybridized carbons (Fsp3) is 0.538. The van der Waals surface area contributed by atoms with Crippen molar-refractivity contribution in [1.29, 1.82) is 0 Å². The van der Waals surface area contributed by atoms with Crippen LogP contribution in [0.15, 0.2) is 12.1 Å². The Balaban J connectivity index is 2.31. The number of aliphatic hydroxyl groups is 1. The Kier molecular flexibility index (Phi) is 2.91. The third kappa shape index (κ3) is 2.06. The molecule has 2 atom stereocenters. The van der Waals surface area contributed by atoms with Crippen LogP contribution in [0.5, 0.6) is 5.75 Å². The van der Waals surface area contributed by atoms with E-state index in [9.17, 15) is 10.2 Å². The summed E-state index contributed by atoms with van der Waals surface area (Å²) in [6.07, 6.45) is 1.69. The Morgan fingerprint density at radius 2 is 1.75 bits per heavy atom. The molecule has 1 aromatic rings. The monoisotopic (exact) mass is 221 g/mol. The number of hydrogen-bond donors (Lipinski definition) is 3. The van der Waals surface area contributed by atoms with Gasteiger partial charge in [-0.15, -0.1) is 0 Å². The van der Waals surface area contributed by atoms with Gasteiger partial charge in [-0.3, -0.25) is 0 Å². The van der Waals surface area contributed by atoms with Gasteiger partial charge >= 0.3 is 0 Å². The van der Waals surface area contributed by atoms with Crippen molar-refractivity contribution in [3.63, 3.8) is 0 Å². The highest BCUT2D eigenvalue weighted by atomic mass is 16.3. The summed E-state index contributed by atoms with van der Waals surface area (Å²) in [6, 6.07) is 3.05. The van der Waals surface area contributed by atoms with Gasteiger partial charge in [-0.1, -0.05) is 0 Å². The summed E-state index contributed by atoms with van der Waals surface area (Å²) in [5.41, 5.74) is 8.97. The molecule has 3 heteroatoms. The molecule has 0 amide bonds. The number of rotatable bonds is 3. The molecule has 2 rings (SSSR count). The third-order valence-electron chi connectivity index (χ3n) is 3.38. The number of aryl methyl sites for hydroxylation is 2. The molecular formula is C13H19NO2. The van der Waals surface area contributed by atoms with Crippen molar-refractivity contribution in [2.45, 2.75) is 38.8 Å². The number of phenols is 1. The Morgan fingerprint density at radius 1 is 1.25 bits per heavy atom. The number of phenolic OH excluding ortho intramolecular Hbond substituents is 1. The minimum absolute atomic E-state index is 0.256. The second-order valence-electron chi connectivity index (χ2n) is 4.85. The fourth-order valence-electron chi connectivity index (χ4n) is 2.38. The van der Waals surface area contributed by atoms with Crippen molar-refractivity contribution >= 4 is 0 Å². The molecule has 16 heavy (non-hydrogen) atoms. The normalized spacial score (nSPS) is 19.5. The van der Waals surface area contributed by atoms with Crippen LogP contribution >= 0.6 is 0 Å². The smallest absolute Gasteiger partial charge is 0.116 e. The van der Waals surface area contributed by atoms with Crippen molar-refractivity contribution in [2.75, 3.05) is 0 Å². The number of aliphatic hydroxyl groups excluding tert-OH is 1. The van der Waals surface area contributed by atoms with Gasteiger partial charge in [0.05, 0.1) is 12.1 Å². The zero-order valence-corrected chi connectivity index (χ0v) is 9.77. The standard InChI is InChI=1S/C13H19NO2/c1-7-5-10(15)6-8(2)11(7)12(14)13(16)9-3-4-9/h5-6,9,12-13,15-16H,3-4,14H2,1-2H3/t12-,13+/m0/s1. The van der Waals surface area contributed by atoms with Crippen LogP contribution in [0.3, 0.4) is 0 Å². The van der Waals surface area contributed by atoms with E-state index < -0.39 is 6.10 Å². The Morgan fingerprint density at radius 3 is 2.19 bits per heavy atom. The first-order valence-corrected chi connectivity index (χ1v) is 5.74. The Hall–Kier alpha value is -1.06. The first kappa shape index (κ1) is 11.4. The minimum atomic E-state index is -0.457. The molecule has 0 saturated heterocycles. The lowest BCUT2D eigenvalue weighted by Gasteiger charge is -2.22. The van der Waals surface area contributed by atoms with Crippen molar-refractivity contribution < 1.29 is 10.2 Å². The number of hydrogen-bond acceptors (Lipinski definition) is 3. The zero-order valence-electron chi connectivity index (χ0n) is 9.77. The predicted octanol–water partition coefficient (Wildman–Crippen LogP) is 1.78. The molecule has 0 aromatic heterocycles. The summed E-state index contributed by atoms with van der Waals surface area (Å²) >= 11 is 0. The van der Waals surface area contributed by atoms with E-state index in [1.807, 2.05) is 13.8 Å². The summed E-state index contributed by atoms with van der Waals surface area (Å²) in [6.45, 7) is 3.84. The number of benzene rings is 1. The largest absolute Gasteiger partial charge is 0.508 e. The highest BCUT2D eigenvalue weighted by Gasteiger charge is 2.35. The topological polar surface area (TPSA) is 66.5 Å². The van der Waals surface area contributed by atoms with Crippen LogP contribution in [0.1, 0.15) is 35.6 Å². The summed E-state index contributed by atoms with van der Waals surface area (Å²) in [5, 5.41) is 19.5. The molecule has 1 aromatic carbocycles. The van der Waals surface area contributed by atoms with Crippen LogP contribution in [0.4, 0.5) is 0 Å². The van der Waals surface area contributed by atoms with E-state index in [4.69, 9.17) is 5.73 Å². The molecule has 0 heterocycles. The molecule has 1 fully saturated rings. The Bertz CT molecular complexity index is 376. The van der Waals surface area contributed by atoms with Crippen LogP contribution in [0, 0.1) is 19.8 Å². The van der Waals surface area contributed by atoms with Gasteiger partial charge in [-0.2, -0.15) is 0 Å². The van der Waals surface area contributed by atoms with Gasteiger partial charge in [0.15, 0.2) is 0 Å². The third-order valence-corrected chi connectivity index (χ3v) is 3.38. The van der Waals surface area contributed by atoms with E-state index in [1.165, 1.54) is 0 Å². The first-order valence-electron chi connectivity index (χ1n) is 5.74. The van der Waals surface area contributed by atoms with Gasteiger partial charge in [-0.05, 0) is 61.4 Å². The van der Waals surface area contributed by atoms with E-state index in [2.05, 4.69) is 0 Å². The molecule has 1 saturated carbocycles. The SMILES string of the molecule is Cc1cc(O)cc(C)c1[C@H](N)[C@H](O)C1CC1. The summed E-state index contributed by atoms with van der Waals surface area (Å²) in [4.78, 5) is 0. The van der Waals surface area contributed by atoms with Crippen molar-refractivity contribution in [2.24, 2.45) is 11.7 Å². The van der Waals surface area contributed by atoms with Crippen molar-refractivity contribution in [3.8, 4) is 5.75 Å². The number of nitrogens with two attached hydrogens (primary N) is 1. The van der Waals surface area contributed by atoms with Crippen LogP contribution in [0.25, 0.3) is 0 Å². The lowest BCUT2D eigenvalue weighted by molar-refractivity contribution is 0.122. The molecule has 0 aliphatic heterocycles. The summed E-state index contributed by atoms with van der Waals surface area (Å²) in [7, 11) is 0. The number of aromatic hydroxyl groups is 1. The maximum absolute atomic E-state index is 10.0. The van der Waals surface area contributed by atoms with Gasteiger partial charge < -0.3 is 15.9 Å². The van der Waals surface area contributed by atoms with E-state index in [1.54, 1.807) is 12.1 Å². The molecule has 0 radical (unpaired) electrons. The quantitative estimate of drug-likeness (QED) is 0.729. The molecule has 0 bridgehead atoms. The molecule has 4 N–H and O–H groups in total. The van der Waals surface area contributed by atoms with Gasteiger partial charge in [-0.25, -0.2) is 0 Å². The first-order chi connectivity index (χ1) is 7.50. The lowest BCUT2D eigenvalue weighted by atomic mass is 9.91. The maximum Gasteiger partial charge on any atom is 0.116 e. The van der Waals surface area contributed by atoms with E-state index in [-0.39, 0.29) is 11.8 Å². The molecular weight excluding hydrogens is 202 g/mol. The van der Waals surface area contributed by atoms with E-state index >= 15 is 0 Å². The highest BCUT2D eigenvalue weighted by Crippen LogP contribution is 2.38. The second-order valence-corrected chi connectivity index (χ2v) is 4.85. The van der Waals surface area contributed by atoms with Crippen LogP contribution in [0.2, 0.25) is 0 Å². The fourth-order valence-corrected chi connectivity index (χ4v) is 2.38. The predicted molar refractivity (Wildman–Crippen MR) is 63.2 cm³/mol. The van der Waals surface area contributed by atoms with Gasteiger partial charge in [0.25, 0.3) is 0 Å². The van der Waals surface area contributed by atoms with Crippen molar-refractivity contribution in [1.82, 2.24) is 0 Å². The average molecular weight is 221 g/mol. The molecule has 3 nitrogen and oxygen atoms in total. The van der Waals surface area contributed by atoms with Gasteiger partial charge in [0.2, 0.25) is 0 Å². The van der Waals surface area contributed by atoms with E-state index in [0.29, 0.717) is 5.92 Å². The second kappa shape index (κ2) is 4.07. The van der Waals surface area contributed by atoms with Crippen LogP contribution < -0.4 is 5.73 Å². The van der Waals surface area contributed by atoms with Crippen LogP contribution in [-0.4, -0.2) is 16.3 Å². The Labute approximate surface area is 95.9 Å².